The van der Waals surface area contributed by atoms with Crippen molar-refractivity contribution in [3.05, 3.63) is 29.8 Å². The van der Waals surface area contributed by atoms with Crippen molar-refractivity contribution in [2.75, 3.05) is 5.32 Å². The van der Waals surface area contributed by atoms with Crippen LogP contribution in [0.3, 0.4) is 0 Å². The Balaban J connectivity index is 1.89. The molecule has 1 aromatic rings. The van der Waals surface area contributed by atoms with Crippen LogP contribution in [0.15, 0.2) is 24.3 Å². The van der Waals surface area contributed by atoms with Gasteiger partial charge in [-0.2, -0.15) is 13.2 Å². The number of nitrogens with one attached hydrogen (secondary N) is 2. The Morgan fingerprint density at radius 3 is 2.42 bits per heavy atom. The van der Waals surface area contributed by atoms with E-state index in [-0.39, 0.29) is 18.0 Å². The third-order valence-electron chi connectivity index (χ3n) is 3.42. The second-order valence-corrected chi connectivity index (χ2v) is 5.30. The van der Waals surface area contributed by atoms with Gasteiger partial charge in [0.05, 0.1) is 5.56 Å². The quantitative estimate of drug-likeness (QED) is 0.817. The van der Waals surface area contributed by atoms with Crippen molar-refractivity contribution in [1.29, 1.82) is 0 Å². The number of alkyl halides is 3. The lowest BCUT2D eigenvalue weighted by Gasteiger charge is -2.16. The summed E-state index contributed by atoms with van der Waals surface area (Å²) >= 11 is 0. The molecule has 1 aliphatic heterocycles. The summed E-state index contributed by atoms with van der Waals surface area (Å²) in [5.74, 6) is -1.68. The van der Waals surface area contributed by atoms with Gasteiger partial charge in [-0.15, -0.1) is 0 Å². The molecule has 130 valence electrons. The first-order valence-corrected chi connectivity index (χ1v) is 7.15. The van der Waals surface area contributed by atoms with Gasteiger partial charge in [-0.25, -0.2) is 4.79 Å². The van der Waals surface area contributed by atoms with Gasteiger partial charge in [-0.3, -0.25) is 9.59 Å². The summed E-state index contributed by atoms with van der Waals surface area (Å²) < 4.78 is 42.3. The molecule has 9 heteroatoms. The molecule has 6 nitrogen and oxygen atoms in total. The molecule has 2 atom stereocenters. The molecule has 0 unspecified atom stereocenters. The zero-order valence-corrected chi connectivity index (χ0v) is 12.6. The third-order valence-corrected chi connectivity index (χ3v) is 3.42. The van der Waals surface area contributed by atoms with Gasteiger partial charge in [-0.1, -0.05) is 0 Å². The van der Waals surface area contributed by atoms with Crippen LogP contribution < -0.4 is 10.6 Å². The molecule has 1 aliphatic rings. The molecule has 0 aromatic heterocycles. The number of halogens is 3. The van der Waals surface area contributed by atoms with Crippen LogP contribution >= 0.6 is 0 Å². The summed E-state index contributed by atoms with van der Waals surface area (Å²) in [5.41, 5.74) is -0.693. The van der Waals surface area contributed by atoms with Crippen LogP contribution in [0.1, 0.15) is 25.3 Å². The molecule has 0 spiro atoms. The van der Waals surface area contributed by atoms with Crippen molar-refractivity contribution in [2.45, 2.75) is 38.1 Å². The number of esters is 1. The third kappa shape index (κ3) is 4.46. The van der Waals surface area contributed by atoms with Crippen molar-refractivity contribution < 1.29 is 32.3 Å². The van der Waals surface area contributed by atoms with E-state index in [1.54, 1.807) is 0 Å². The van der Waals surface area contributed by atoms with Gasteiger partial charge in [0.2, 0.25) is 5.91 Å². The predicted molar refractivity (Wildman–Crippen MR) is 76.8 cm³/mol. The maximum Gasteiger partial charge on any atom is 0.416 e. The van der Waals surface area contributed by atoms with Crippen molar-refractivity contribution in [1.82, 2.24) is 5.32 Å². The normalized spacial score (nSPS) is 18.7. The van der Waals surface area contributed by atoms with Crippen LogP contribution in [-0.2, 0) is 25.3 Å². The predicted octanol–water partition coefficient (Wildman–Crippen LogP) is 1.85. The molecule has 0 bridgehead atoms. The SMILES string of the molecule is C[C@@H](OC(=O)[C@@H]1CCC(=O)N1)C(=O)Nc1ccc(C(F)(F)F)cc1. The van der Waals surface area contributed by atoms with Crippen LogP contribution in [0, 0.1) is 0 Å². The van der Waals surface area contributed by atoms with Gasteiger partial charge < -0.3 is 15.4 Å². The standard InChI is InChI=1S/C15H15F3N2O4/c1-8(24-14(23)11-6-7-12(21)20-11)13(22)19-10-4-2-9(3-5-10)15(16,17)18/h2-5,8,11H,6-7H2,1H3,(H,19,22)(H,20,21)/t8-,11+/m1/s1. The van der Waals surface area contributed by atoms with E-state index in [0.717, 1.165) is 24.3 Å². The van der Waals surface area contributed by atoms with Gasteiger partial charge in [0.25, 0.3) is 5.91 Å². The largest absolute Gasteiger partial charge is 0.451 e. The molecule has 0 aliphatic carbocycles. The molecule has 1 heterocycles. The van der Waals surface area contributed by atoms with Crippen LogP contribution in [0.25, 0.3) is 0 Å². The van der Waals surface area contributed by atoms with Crippen molar-refractivity contribution in [3.63, 3.8) is 0 Å². The minimum atomic E-state index is -4.46. The van der Waals surface area contributed by atoms with Crippen LogP contribution in [0.4, 0.5) is 18.9 Å². The fourth-order valence-electron chi connectivity index (χ4n) is 2.09. The highest BCUT2D eigenvalue weighted by molar-refractivity contribution is 5.96. The number of benzene rings is 1. The maximum absolute atomic E-state index is 12.5. The fourth-order valence-corrected chi connectivity index (χ4v) is 2.09. The number of anilines is 1. The Labute approximate surface area is 135 Å². The Morgan fingerprint density at radius 2 is 1.92 bits per heavy atom. The number of ether oxygens (including phenoxy) is 1. The second-order valence-electron chi connectivity index (χ2n) is 5.30. The van der Waals surface area contributed by atoms with E-state index >= 15 is 0 Å². The Morgan fingerprint density at radius 1 is 1.29 bits per heavy atom. The van der Waals surface area contributed by atoms with E-state index in [2.05, 4.69) is 10.6 Å². The summed E-state index contributed by atoms with van der Waals surface area (Å²) in [6, 6.07) is 3.10. The molecule has 2 N–H and O–H groups in total. The van der Waals surface area contributed by atoms with E-state index in [1.807, 2.05) is 0 Å². The lowest BCUT2D eigenvalue weighted by Crippen LogP contribution is -2.39. The van der Waals surface area contributed by atoms with E-state index in [1.165, 1.54) is 6.92 Å². The second kappa shape index (κ2) is 6.90. The Bertz CT molecular complexity index is 643. The molecule has 1 aromatic carbocycles. The van der Waals surface area contributed by atoms with Crippen molar-refractivity contribution in [2.24, 2.45) is 0 Å². The lowest BCUT2D eigenvalue weighted by atomic mass is 10.2. The number of hydrogen-bond acceptors (Lipinski definition) is 4. The highest BCUT2D eigenvalue weighted by Gasteiger charge is 2.31. The minimum Gasteiger partial charge on any atom is -0.451 e. The zero-order chi connectivity index (χ0) is 17.9. The Hall–Kier alpha value is -2.58. The van der Waals surface area contributed by atoms with Crippen LogP contribution in [0.5, 0.6) is 0 Å². The minimum absolute atomic E-state index is 0.144. The smallest absolute Gasteiger partial charge is 0.416 e. The molecular weight excluding hydrogens is 329 g/mol. The summed E-state index contributed by atoms with van der Waals surface area (Å²) in [4.78, 5) is 34.7. The maximum atomic E-state index is 12.5. The van der Waals surface area contributed by atoms with Gasteiger partial charge in [-0.05, 0) is 37.6 Å². The first-order valence-electron chi connectivity index (χ1n) is 7.15. The molecule has 0 radical (unpaired) electrons. The molecule has 24 heavy (non-hydrogen) atoms. The molecule has 2 amide bonds. The number of amides is 2. The Kier molecular flexibility index (Phi) is 5.10. The van der Waals surface area contributed by atoms with E-state index in [0.29, 0.717) is 6.42 Å². The molecule has 2 rings (SSSR count). The number of carbonyl (C=O) groups excluding carboxylic acids is 3. The summed E-state index contributed by atoms with van der Waals surface area (Å²) in [5, 5.41) is 4.77. The topological polar surface area (TPSA) is 84.5 Å². The monoisotopic (exact) mass is 344 g/mol. The van der Waals surface area contributed by atoms with Gasteiger partial charge in [0.15, 0.2) is 6.10 Å². The summed E-state index contributed by atoms with van der Waals surface area (Å²) in [7, 11) is 0. The fraction of sp³-hybridized carbons (Fsp3) is 0.400. The van der Waals surface area contributed by atoms with Gasteiger partial charge in [0, 0.05) is 12.1 Å². The number of carbonyl (C=O) groups is 3. The molecular formula is C15H15F3N2O4. The molecule has 1 saturated heterocycles. The average Bonchev–Trinajstić information content (AvgIpc) is 2.93. The first-order chi connectivity index (χ1) is 11.2. The average molecular weight is 344 g/mol. The van der Waals surface area contributed by atoms with Crippen molar-refractivity contribution in [3.8, 4) is 0 Å². The highest BCUT2D eigenvalue weighted by atomic mass is 19.4. The summed E-state index contributed by atoms with van der Waals surface area (Å²) in [6.45, 7) is 1.33. The number of hydrogen-bond donors (Lipinski definition) is 2. The highest BCUT2D eigenvalue weighted by Crippen LogP contribution is 2.29. The van der Waals surface area contributed by atoms with Crippen molar-refractivity contribution >= 4 is 23.5 Å². The molecule has 0 saturated carbocycles. The van der Waals surface area contributed by atoms with E-state index < -0.39 is 35.8 Å². The van der Waals surface area contributed by atoms with E-state index in [4.69, 9.17) is 4.74 Å². The van der Waals surface area contributed by atoms with Crippen LogP contribution in [0.2, 0.25) is 0 Å². The zero-order valence-electron chi connectivity index (χ0n) is 12.6. The number of rotatable bonds is 4. The van der Waals surface area contributed by atoms with E-state index in [9.17, 15) is 27.6 Å². The lowest BCUT2D eigenvalue weighted by molar-refractivity contribution is -0.155. The molecule has 1 fully saturated rings. The summed E-state index contributed by atoms with van der Waals surface area (Å²) in [6.07, 6.45) is -5.11. The van der Waals surface area contributed by atoms with Gasteiger partial charge >= 0.3 is 12.1 Å². The van der Waals surface area contributed by atoms with Crippen LogP contribution in [-0.4, -0.2) is 29.9 Å². The van der Waals surface area contributed by atoms with Gasteiger partial charge in [0.1, 0.15) is 6.04 Å². The first kappa shape index (κ1) is 17.8.